The molecule has 1 aromatic rings. The predicted molar refractivity (Wildman–Crippen MR) is 53.8 cm³/mol. The quantitative estimate of drug-likeness (QED) is 0.776. The number of hydrogen-bond acceptors (Lipinski definition) is 3. The lowest BCUT2D eigenvalue weighted by molar-refractivity contribution is 0.0408. The molecular formula is C11H17NO2. The Morgan fingerprint density at radius 2 is 2.43 bits per heavy atom. The van der Waals surface area contributed by atoms with E-state index < -0.39 is 0 Å². The van der Waals surface area contributed by atoms with Crippen molar-refractivity contribution in [1.29, 1.82) is 0 Å². The van der Waals surface area contributed by atoms with Gasteiger partial charge in [-0.15, -0.1) is 0 Å². The minimum absolute atomic E-state index is 0.161. The van der Waals surface area contributed by atoms with Gasteiger partial charge in [-0.3, -0.25) is 4.90 Å². The molecule has 14 heavy (non-hydrogen) atoms. The summed E-state index contributed by atoms with van der Waals surface area (Å²) in [6.07, 6.45) is 4.23. The van der Waals surface area contributed by atoms with Crippen LogP contribution in [0, 0.1) is 5.92 Å². The van der Waals surface area contributed by atoms with Crippen molar-refractivity contribution in [2.75, 3.05) is 13.1 Å². The monoisotopic (exact) mass is 195 g/mol. The topological polar surface area (TPSA) is 36.6 Å². The highest BCUT2D eigenvalue weighted by Crippen LogP contribution is 2.18. The van der Waals surface area contributed by atoms with Gasteiger partial charge in [0.25, 0.3) is 0 Å². The van der Waals surface area contributed by atoms with E-state index in [1.54, 1.807) is 12.5 Å². The Morgan fingerprint density at radius 1 is 1.57 bits per heavy atom. The van der Waals surface area contributed by atoms with Gasteiger partial charge in [0.15, 0.2) is 0 Å². The number of hydrogen-bond donors (Lipinski definition) is 1. The first-order valence-corrected chi connectivity index (χ1v) is 5.15. The van der Waals surface area contributed by atoms with Crippen molar-refractivity contribution in [3.63, 3.8) is 0 Å². The van der Waals surface area contributed by atoms with Gasteiger partial charge in [-0.2, -0.15) is 0 Å². The highest BCUT2D eigenvalue weighted by molar-refractivity contribution is 5.05. The highest BCUT2D eigenvalue weighted by Gasteiger charge is 2.22. The minimum Gasteiger partial charge on any atom is -0.472 e. The molecule has 0 aromatic carbocycles. The molecule has 0 saturated carbocycles. The molecule has 78 valence electrons. The number of β-amino-alcohol motifs (C(OH)–C–C–N with tert-alkyl or cyclic N) is 1. The zero-order valence-corrected chi connectivity index (χ0v) is 8.52. The van der Waals surface area contributed by atoms with Crippen LogP contribution >= 0.6 is 0 Å². The van der Waals surface area contributed by atoms with Crippen LogP contribution in [0.25, 0.3) is 0 Å². The van der Waals surface area contributed by atoms with Gasteiger partial charge in [0.2, 0.25) is 0 Å². The molecule has 2 unspecified atom stereocenters. The van der Waals surface area contributed by atoms with Crippen LogP contribution in [0.15, 0.2) is 23.0 Å². The summed E-state index contributed by atoms with van der Waals surface area (Å²) >= 11 is 0. The summed E-state index contributed by atoms with van der Waals surface area (Å²) in [5.74, 6) is 0.589. The molecule has 2 atom stereocenters. The first-order chi connectivity index (χ1) is 6.74. The fourth-order valence-electron chi connectivity index (χ4n) is 2.20. The molecule has 1 aliphatic heterocycles. The van der Waals surface area contributed by atoms with E-state index in [4.69, 9.17) is 4.42 Å². The maximum atomic E-state index is 9.61. The third-order valence-electron chi connectivity index (χ3n) is 2.70. The summed E-state index contributed by atoms with van der Waals surface area (Å²) in [5.41, 5.74) is 1.19. The Hall–Kier alpha value is -0.800. The summed E-state index contributed by atoms with van der Waals surface area (Å²) in [7, 11) is 0. The number of piperidine rings is 1. The van der Waals surface area contributed by atoms with Crippen molar-refractivity contribution in [2.45, 2.75) is 26.0 Å². The number of likely N-dealkylation sites (tertiary alicyclic amines) is 1. The molecule has 1 aliphatic rings. The van der Waals surface area contributed by atoms with E-state index in [0.717, 1.165) is 26.1 Å². The number of aliphatic hydroxyl groups is 1. The van der Waals surface area contributed by atoms with Gasteiger partial charge in [0.05, 0.1) is 18.6 Å². The molecule has 0 aliphatic carbocycles. The van der Waals surface area contributed by atoms with Gasteiger partial charge < -0.3 is 9.52 Å². The summed E-state index contributed by atoms with van der Waals surface area (Å²) in [6, 6.07) is 1.98. The first kappa shape index (κ1) is 9.74. The van der Waals surface area contributed by atoms with Crippen molar-refractivity contribution < 1.29 is 9.52 Å². The van der Waals surface area contributed by atoms with Crippen LogP contribution in [0.5, 0.6) is 0 Å². The lowest BCUT2D eigenvalue weighted by Crippen LogP contribution is -2.41. The molecule has 3 nitrogen and oxygen atoms in total. The van der Waals surface area contributed by atoms with Crippen LogP contribution < -0.4 is 0 Å². The van der Waals surface area contributed by atoms with Crippen LogP contribution in [-0.2, 0) is 6.54 Å². The van der Waals surface area contributed by atoms with Crippen LogP contribution in [0.1, 0.15) is 18.9 Å². The first-order valence-electron chi connectivity index (χ1n) is 5.15. The number of furan rings is 1. The van der Waals surface area contributed by atoms with Crippen LogP contribution in [-0.4, -0.2) is 29.2 Å². The fraction of sp³-hybridized carbons (Fsp3) is 0.636. The number of nitrogens with zero attached hydrogens (tertiary/aromatic N) is 1. The zero-order valence-electron chi connectivity index (χ0n) is 8.52. The average molecular weight is 195 g/mol. The second-order valence-electron chi connectivity index (χ2n) is 4.32. The largest absolute Gasteiger partial charge is 0.472 e. The van der Waals surface area contributed by atoms with E-state index in [1.807, 2.05) is 6.07 Å². The molecule has 1 saturated heterocycles. The van der Waals surface area contributed by atoms with E-state index in [2.05, 4.69) is 11.8 Å². The maximum Gasteiger partial charge on any atom is 0.0947 e. The van der Waals surface area contributed by atoms with E-state index in [-0.39, 0.29) is 6.10 Å². The Kier molecular flexibility index (Phi) is 2.89. The molecule has 2 rings (SSSR count). The van der Waals surface area contributed by atoms with Crippen LogP contribution in [0.3, 0.4) is 0 Å². The Bertz CT molecular complexity index is 261. The standard InChI is InChI=1S/C11H17NO2/c1-9-4-11(13)7-12(5-9)6-10-2-3-14-8-10/h2-3,8-9,11,13H,4-7H2,1H3. The molecular weight excluding hydrogens is 178 g/mol. The van der Waals surface area contributed by atoms with Crippen molar-refractivity contribution in [3.05, 3.63) is 24.2 Å². The van der Waals surface area contributed by atoms with Gasteiger partial charge >= 0.3 is 0 Å². The van der Waals surface area contributed by atoms with E-state index in [1.165, 1.54) is 5.56 Å². The second-order valence-corrected chi connectivity index (χ2v) is 4.32. The summed E-state index contributed by atoms with van der Waals surface area (Å²) < 4.78 is 5.02. The number of rotatable bonds is 2. The van der Waals surface area contributed by atoms with Gasteiger partial charge in [0, 0.05) is 25.2 Å². The Labute approximate surface area is 84.3 Å². The summed E-state index contributed by atoms with van der Waals surface area (Å²) in [6.45, 7) is 4.93. The summed E-state index contributed by atoms with van der Waals surface area (Å²) in [5, 5.41) is 9.61. The van der Waals surface area contributed by atoms with E-state index >= 15 is 0 Å². The van der Waals surface area contributed by atoms with Crippen molar-refractivity contribution in [3.8, 4) is 0 Å². The van der Waals surface area contributed by atoms with Gasteiger partial charge in [0.1, 0.15) is 0 Å². The predicted octanol–water partition coefficient (Wildman–Crippen LogP) is 1.48. The molecule has 2 heterocycles. The fourth-order valence-corrected chi connectivity index (χ4v) is 2.20. The maximum absolute atomic E-state index is 9.61. The van der Waals surface area contributed by atoms with E-state index in [9.17, 15) is 5.11 Å². The molecule has 1 fully saturated rings. The molecule has 1 aromatic heterocycles. The third kappa shape index (κ3) is 2.36. The van der Waals surface area contributed by atoms with Crippen molar-refractivity contribution >= 4 is 0 Å². The van der Waals surface area contributed by atoms with E-state index in [0.29, 0.717) is 5.92 Å². The Balaban J connectivity index is 1.91. The SMILES string of the molecule is CC1CC(O)CN(Cc2ccoc2)C1. The van der Waals surface area contributed by atoms with Crippen molar-refractivity contribution in [1.82, 2.24) is 4.90 Å². The smallest absolute Gasteiger partial charge is 0.0947 e. The van der Waals surface area contributed by atoms with Gasteiger partial charge in [-0.25, -0.2) is 0 Å². The highest BCUT2D eigenvalue weighted by atomic mass is 16.3. The van der Waals surface area contributed by atoms with Crippen molar-refractivity contribution in [2.24, 2.45) is 5.92 Å². The van der Waals surface area contributed by atoms with Crippen LogP contribution in [0.2, 0.25) is 0 Å². The Morgan fingerprint density at radius 3 is 3.07 bits per heavy atom. The molecule has 0 radical (unpaired) electrons. The lowest BCUT2D eigenvalue weighted by Gasteiger charge is -2.33. The average Bonchev–Trinajstić information content (AvgIpc) is 2.54. The lowest BCUT2D eigenvalue weighted by atomic mass is 9.98. The third-order valence-corrected chi connectivity index (χ3v) is 2.70. The zero-order chi connectivity index (χ0) is 9.97. The normalized spacial score (nSPS) is 29.3. The molecule has 1 N–H and O–H groups in total. The van der Waals surface area contributed by atoms with Crippen LogP contribution in [0.4, 0.5) is 0 Å². The second kappa shape index (κ2) is 4.15. The molecule has 0 bridgehead atoms. The van der Waals surface area contributed by atoms with Gasteiger partial charge in [-0.05, 0) is 18.4 Å². The molecule has 0 amide bonds. The molecule has 3 heteroatoms. The minimum atomic E-state index is -0.161. The van der Waals surface area contributed by atoms with Gasteiger partial charge in [-0.1, -0.05) is 6.92 Å². The molecule has 0 spiro atoms. The number of aliphatic hydroxyl groups excluding tert-OH is 1. The summed E-state index contributed by atoms with van der Waals surface area (Å²) in [4.78, 5) is 2.28.